The molecule has 0 saturated carbocycles. The Morgan fingerprint density at radius 3 is 2.22 bits per heavy atom. The van der Waals surface area contributed by atoms with Gasteiger partial charge < -0.3 is 18.0 Å². The van der Waals surface area contributed by atoms with Crippen molar-refractivity contribution in [1.29, 1.82) is 0 Å². The molecule has 94 valence electrons. The Morgan fingerprint density at radius 2 is 1.72 bits per heavy atom. The summed E-state index contributed by atoms with van der Waals surface area (Å²) in [5, 5.41) is 0. The first-order valence-electron chi connectivity index (χ1n) is 5.61. The van der Waals surface area contributed by atoms with Crippen molar-refractivity contribution in [3.8, 4) is 11.5 Å². The SMILES string of the molecule is COC=[C-]C#C[Si]12OCCN(CCO1)CCO2.[Li+]. The molecule has 3 aliphatic heterocycles. The first kappa shape index (κ1) is 15.8. The van der Waals surface area contributed by atoms with E-state index in [2.05, 4.69) is 22.4 Å². The second-order valence-corrected chi connectivity index (χ2v) is 5.92. The fourth-order valence-corrected chi connectivity index (χ4v) is 3.47. The molecule has 0 aromatic heterocycles. The van der Waals surface area contributed by atoms with Crippen molar-refractivity contribution >= 4 is 8.80 Å². The first-order valence-corrected chi connectivity index (χ1v) is 7.33. The summed E-state index contributed by atoms with van der Waals surface area (Å²) in [6.07, 6.45) is 4.08. The molecular weight excluding hydrogens is 245 g/mol. The number of allylic oxidation sites excluding steroid dienone is 1. The van der Waals surface area contributed by atoms with Crippen molar-refractivity contribution in [2.75, 3.05) is 46.6 Å². The Morgan fingerprint density at radius 1 is 1.17 bits per heavy atom. The Hall–Kier alpha value is -0.246. The van der Waals surface area contributed by atoms with Gasteiger partial charge in [-0.3, -0.25) is 16.4 Å². The molecule has 0 unspecified atom stereocenters. The molecule has 0 radical (unpaired) electrons. The summed E-state index contributed by atoms with van der Waals surface area (Å²) in [5.74, 6) is 2.74. The topological polar surface area (TPSA) is 40.2 Å². The van der Waals surface area contributed by atoms with Gasteiger partial charge in [-0.25, -0.2) is 0 Å². The molecule has 0 aromatic carbocycles. The quantitative estimate of drug-likeness (QED) is 0.215. The minimum atomic E-state index is -2.80. The maximum atomic E-state index is 5.71. The maximum Gasteiger partial charge on any atom is 1.00 e. The summed E-state index contributed by atoms with van der Waals surface area (Å²) in [6.45, 7) is 4.57. The van der Waals surface area contributed by atoms with Gasteiger partial charge in [0.2, 0.25) is 0 Å². The van der Waals surface area contributed by atoms with Crippen LogP contribution < -0.4 is 18.9 Å². The van der Waals surface area contributed by atoms with Gasteiger partial charge >= 0.3 is 27.7 Å². The van der Waals surface area contributed by atoms with Crippen molar-refractivity contribution in [1.82, 2.24) is 4.90 Å². The summed E-state index contributed by atoms with van der Waals surface area (Å²) in [7, 11) is -1.25. The van der Waals surface area contributed by atoms with E-state index in [0.29, 0.717) is 19.8 Å². The van der Waals surface area contributed by atoms with Crippen LogP contribution in [0.5, 0.6) is 0 Å². The summed E-state index contributed by atoms with van der Waals surface area (Å²) in [6, 6.07) is 0. The molecule has 0 aliphatic carbocycles. The minimum Gasteiger partial charge on any atom is -0.523 e. The zero-order valence-corrected chi connectivity index (χ0v) is 11.9. The van der Waals surface area contributed by atoms with Crippen LogP contribution in [0.15, 0.2) is 6.26 Å². The van der Waals surface area contributed by atoms with E-state index < -0.39 is 8.80 Å². The second kappa shape index (κ2) is 8.03. The van der Waals surface area contributed by atoms with E-state index in [1.54, 1.807) is 7.11 Å². The molecule has 0 aromatic rings. The first-order chi connectivity index (χ1) is 8.35. The number of methoxy groups -OCH3 is 1. The van der Waals surface area contributed by atoms with Crippen molar-refractivity contribution in [3.63, 3.8) is 0 Å². The zero-order valence-electron chi connectivity index (χ0n) is 10.9. The van der Waals surface area contributed by atoms with E-state index in [4.69, 9.17) is 18.0 Å². The zero-order chi connectivity index (χ0) is 12.0. The molecule has 7 heteroatoms. The van der Waals surface area contributed by atoms with Crippen LogP contribution in [0.3, 0.4) is 0 Å². The van der Waals surface area contributed by atoms with Crippen LogP contribution in [0.25, 0.3) is 0 Å². The number of ether oxygens (including phenoxy) is 1. The van der Waals surface area contributed by atoms with Gasteiger partial charge in [-0.15, -0.1) is 0 Å². The smallest absolute Gasteiger partial charge is 0.523 e. The molecule has 2 bridgehead atoms. The van der Waals surface area contributed by atoms with Gasteiger partial charge in [0.1, 0.15) is 0 Å². The number of fused-ring (bicyclic) bond motifs is 6. The Kier molecular flexibility index (Phi) is 7.05. The average molecular weight is 261 g/mol. The molecule has 0 N–H and O–H groups in total. The number of nitrogens with zero attached hydrogens (tertiary/aromatic N) is 1. The predicted molar refractivity (Wildman–Crippen MR) is 62.6 cm³/mol. The molecule has 3 saturated heterocycles. The molecule has 0 atom stereocenters. The largest absolute Gasteiger partial charge is 1.00 e. The Bertz CT molecular complexity index is 315. The van der Waals surface area contributed by atoms with Gasteiger partial charge in [0.25, 0.3) is 0 Å². The molecule has 0 spiro atoms. The third-order valence-electron chi connectivity index (χ3n) is 2.56. The third-order valence-corrected chi connectivity index (χ3v) is 4.75. The number of rotatable bonds is 1. The van der Waals surface area contributed by atoms with Crippen LogP contribution in [-0.4, -0.2) is 60.3 Å². The monoisotopic (exact) mass is 261 g/mol. The van der Waals surface area contributed by atoms with Gasteiger partial charge in [0, 0.05) is 25.9 Å². The van der Waals surface area contributed by atoms with E-state index in [-0.39, 0.29) is 18.9 Å². The van der Waals surface area contributed by atoms with Crippen LogP contribution in [0.2, 0.25) is 0 Å². The van der Waals surface area contributed by atoms with E-state index >= 15 is 0 Å². The minimum absolute atomic E-state index is 0. The molecule has 3 fully saturated rings. The van der Waals surface area contributed by atoms with Crippen LogP contribution in [0.1, 0.15) is 0 Å². The molecule has 0 amide bonds. The molecule has 18 heavy (non-hydrogen) atoms. The van der Waals surface area contributed by atoms with Gasteiger partial charge in [-0.05, 0) is 0 Å². The van der Waals surface area contributed by atoms with E-state index in [0.717, 1.165) is 19.6 Å². The third kappa shape index (κ3) is 4.45. The van der Waals surface area contributed by atoms with Gasteiger partial charge in [-0.2, -0.15) is 6.08 Å². The van der Waals surface area contributed by atoms with Crippen molar-refractivity contribution in [3.05, 3.63) is 12.3 Å². The summed E-state index contributed by atoms with van der Waals surface area (Å²) < 4.78 is 21.8. The standard InChI is InChI=1S/C11H16NO4Si.Li/c1-13-7-2-3-11-17-14-8-4-12(5-9-15-17)6-10-16-17;/h7H,4-6,8-10H2,1H3;/q-1;+1. The van der Waals surface area contributed by atoms with E-state index in [1.165, 1.54) is 6.26 Å². The second-order valence-electron chi connectivity index (χ2n) is 3.69. The van der Waals surface area contributed by atoms with Crippen LogP contribution in [0, 0.1) is 17.5 Å². The molecule has 5 nitrogen and oxygen atoms in total. The van der Waals surface area contributed by atoms with Gasteiger partial charge in [-0.1, -0.05) is 0 Å². The maximum absolute atomic E-state index is 5.71. The van der Waals surface area contributed by atoms with E-state index in [9.17, 15) is 0 Å². The predicted octanol–water partition coefficient (Wildman–Crippen LogP) is -3.19. The molecule has 3 rings (SSSR count). The fourth-order valence-electron chi connectivity index (χ4n) is 1.70. The molecule has 3 heterocycles. The molecular formula is C11H16LiNO4Si. The normalized spacial score (nSPS) is 31.5. The van der Waals surface area contributed by atoms with Crippen LogP contribution >= 0.6 is 0 Å². The van der Waals surface area contributed by atoms with E-state index in [1.807, 2.05) is 0 Å². The van der Waals surface area contributed by atoms with Gasteiger partial charge in [0.15, 0.2) is 0 Å². The van der Waals surface area contributed by atoms with Crippen molar-refractivity contribution in [2.24, 2.45) is 0 Å². The van der Waals surface area contributed by atoms with Crippen LogP contribution in [0.4, 0.5) is 0 Å². The molecule has 3 aliphatic rings. The van der Waals surface area contributed by atoms with Crippen LogP contribution in [-0.2, 0) is 18.0 Å². The van der Waals surface area contributed by atoms with Crippen molar-refractivity contribution in [2.45, 2.75) is 0 Å². The summed E-state index contributed by atoms with van der Waals surface area (Å²) in [4.78, 5) is 2.27. The fraction of sp³-hybridized carbons (Fsp3) is 0.636. The van der Waals surface area contributed by atoms with Gasteiger partial charge in [0.05, 0.1) is 26.9 Å². The number of hydrogen-bond acceptors (Lipinski definition) is 5. The van der Waals surface area contributed by atoms with Crippen molar-refractivity contribution < 1.29 is 36.9 Å². The average Bonchev–Trinajstić information content (AvgIpc) is 2.25. The Labute approximate surface area is 121 Å². The Balaban J connectivity index is 0.00000162. The number of hydrogen-bond donors (Lipinski definition) is 0. The summed E-state index contributed by atoms with van der Waals surface area (Å²) in [5.41, 5.74) is 2.94. The summed E-state index contributed by atoms with van der Waals surface area (Å²) >= 11 is 0.